The lowest BCUT2D eigenvalue weighted by Gasteiger charge is -2.37. The monoisotopic (exact) mass is 641 g/mol. The maximum absolute atomic E-state index is 13.8. The zero-order chi connectivity index (χ0) is 33.1. The zero-order valence-corrected chi connectivity index (χ0v) is 26.3. The Kier molecular flexibility index (Phi) is 13.2. The summed E-state index contributed by atoms with van der Waals surface area (Å²) < 4.78 is 32.5. The standard InChI is InChI=1S/C29H34F2N2O4.C6H11NO2/c1-37-21-9-10-26-23(17-21)22(12-14-32-26)27(34)11-8-19-13-16-33(18-24(19)29(35)36)15-3-2-5-20-6-4-7-25(30)28(20)31;8-6(9)5-2-1-3-7-4-5/h4,6-7,9-10,12,14,17,19,24,27,34H,2-3,5,8,11,13,15-16,18H2,1H3,(H,35,36);5,7H,1-4H2,(H,8,9)/t19-,24+,27?;/m1./s1. The highest BCUT2D eigenvalue weighted by molar-refractivity contribution is 5.83. The molecule has 0 bridgehead atoms. The van der Waals surface area contributed by atoms with E-state index in [1.807, 2.05) is 18.2 Å². The molecule has 0 aliphatic carbocycles. The number of aliphatic carboxylic acids is 2. The van der Waals surface area contributed by atoms with Crippen LogP contribution in [0.2, 0.25) is 0 Å². The summed E-state index contributed by atoms with van der Waals surface area (Å²) in [5.74, 6) is -3.07. The van der Waals surface area contributed by atoms with Gasteiger partial charge in [-0.05, 0) is 118 Å². The van der Waals surface area contributed by atoms with E-state index in [4.69, 9.17) is 9.84 Å². The van der Waals surface area contributed by atoms with Gasteiger partial charge in [-0.1, -0.05) is 12.1 Å². The summed E-state index contributed by atoms with van der Waals surface area (Å²) in [4.78, 5) is 28.9. The fourth-order valence-corrected chi connectivity index (χ4v) is 6.44. The molecule has 9 nitrogen and oxygen atoms in total. The lowest BCUT2D eigenvalue weighted by Crippen LogP contribution is -2.44. The number of aliphatic hydroxyl groups excluding tert-OH is 1. The molecule has 5 rings (SSSR count). The first-order chi connectivity index (χ1) is 22.2. The summed E-state index contributed by atoms with van der Waals surface area (Å²) in [6.07, 6.45) is 6.53. The van der Waals surface area contributed by atoms with Crippen LogP contribution in [0.1, 0.15) is 62.2 Å². The summed E-state index contributed by atoms with van der Waals surface area (Å²) in [5, 5.41) is 33.2. The van der Waals surface area contributed by atoms with Crippen LogP contribution in [0.15, 0.2) is 48.7 Å². The number of carbonyl (C=O) groups is 2. The maximum Gasteiger partial charge on any atom is 0.308 e. The van der Waals surface area contributed by atoms with E-state index < -0.39 is 35.6 Å². The Labute approximate surface area is 268 Å². The third-order valence-electron chi connectivity index (χ3n) is 9.16. The van der Waals surface area contributed by atoms with Crippen LogP contribution in [-0.4, -0.2) is 77.0 Å². The number of aliphatic hydroxyl groups is 1. The number of methoxy groups -OCH3 is 1. The SMILES string of the molecule is COc1ccc2nccc(C(O)CC[C@@H]3CCN(CCCCc4cccc(F)c4F)C[C@@H]3C(=O)O)c2c1.O=C(O)C1CCCNC1. The fourth-order valence-electron chi connectivity index (χ4n) is 6.44. The molecule has 46 heavy (non-hydrogen) atoms. The van der Waals surface area contributed by atoms with Gasteiger partial charge in [0.1, 0.15) is 5.75 Å². The van der Waals surface area contributed by atoms with Crippen molar-refractivity contribution in [3.8, 4) is 5.75 Å². The molecule has 4 atom stereocenters. The quantitative estimate of drug-likeness (QED) is 0.191. The molecule has 250 valence electrons. The van der Waals surface area contributed by atoms with Crippen molar-refractivity contribution in [2.45, 2.75) is 57.5 Å². The van der Waals surface area contributed by atoms with Crippen LogP contribution in [-0.2, 0) is 16.0 Å². The number of aromatic nitrogens is 1. The second-order valence-electron chi connectivity index (χ2n) is 12.2. The molecule has 2 aliphatic heterocycles. The molecule has 3 heterocycles. The Morgan fingerprint density at radius 1 is 1.11 bits per heavy atom. The van der Waals surface area contributed by atoms with E-state index in [-0.39, 0.29) is 11.8 Å². The Morgan fingerprint density at radius 2 is 1.93 bits per heavy atom. The topological polar surface area (TPSA) is 132 Å². The van der Waals surface area contributed by atoms with Crippen LogP contribution in [0, 0.1) is 29.4 Å². The van der Waals surface area contributed by atoms with Crippen molar-refractivity contribution < 1.29 is 38.4 Å². The number of ether oxygens (including phenoxy) is 1. The summed E-state index contributed by atoms with van der Waals surface area (Å²) in [6.45, 7) is 3.59. The van der Waals surface area contributed by atoms with Gasteiger partial charge in [0.25, 0.3) is 0 Å². The minimum absolute atomic E-state index is 0.0209. The van der Waals surface area contributed by atoms with Gasteiger partial charge in [-0.3, -0.25) is 14.6 Å². The molecule has 0 radical (unpaired) electrons. The van der Waals surface area contributed by atoms with Gasteiger partial charge in [0.2, 0.25) is 0 Å². The van der Waals surface area contributed by atoms with Crippen LogP contribution in [0.25, 0.3) is 10.9 Å². The van der Waals surface area contributed by atoms with E-state index in [1.54, 1.807) is 25.4 Å². The molecule has 2 fully saturated rings. The largest absolute Gasteiger partial charge is 0.497 e. The van der Waals surface area contributed by atoms with Gasteiger partial charge in [0, 0.05) is 24.7 Å². The van der Waals surface area contributed by atoms with Crippen molar-refractivity contribution in [3.63, 3.8) is 0 Å². The molecule has 3 aromatic rings. The number of unbranched alkanes of at least 4 members (excludes halogenated alkanes) is 1. The van der Waals surface area contributed by atoms with Crippen LogP contribution in [0.3, 0.4) is 0 Å². The molecule has 4 N–H and O–H groups in total. The third-order valence-corrected chi connectivity index (χ3v) is 9.16. The number of carboxylic acids is 2. The predicted octanol–water partition coefficient (Wildman–Crippen LogP) is 5.45. The summed E-state index contributed by atoms with van der Waals surface area (Å²) in [5.41, 5.74) is 1.92. The number of rotatable bonds is 12. The number of pyridine rings is 1. The number of carboxylic acid groups (broad SMARTS) is 2. The number of likely N-dealkylation sites (tertiary alicyclic amines) is 1. The number of benzene rings is 2. The predicted molar refractivity (Wildman–Crippen MR) is 171 cm³/mol. The van der Waals surface area contributed by atoms with Crippen molar-refractivity contribution in [1.29, 1.82) is 0 Å². The van der Waals surface area contributed by atoms with E-state index in [9.17, 15) is 28.6 Å². The van der Waals surface area contributed by atoms with Gasteiger partial charge in [0.15, 0.2) is 11.6 Å². The summed E-state index contributed by atoms with van der Waals surface area (Å²) in [7, 11) is 1.59. The first-order valence-electron chi connectivity index (χ1n) is 16.1. The molecule has 0 spiro atoms. The Morgan fingerprint density at radius 3 is 2.63 bits per heavy atom. The van der Waals surface area contributed by atoms with Crippen molar-refractivity contribution in [1.82, 2.24) is 15.2 Å². The molecule has 0 amide bonds. The number of fused-ring (bicyclic) bond motifs is 1. The lowest BCUT2D eigenvalue weighted by atomic mass is 9.81. The number of piperidine rings is 2. The Balaban J connectivity index is 0.000000459. The molecule has 2 aromatic carbocycles. The first kappa shape index (κ1) is 35.2. The molecule has 2 unspecified atom stereocenters. The minimum atomic E-state index is -0.828. The van der Waals surface area contributed by atoms with E-state index in [2.05, 4.69) is 15.2 Å². The first-order valence-corrected chi connectivity index (χ1v) is 16.1. The maximum atomic E-state index is 13.8. The second kappa shape index (κ2) is 17.3. The number of hydrogen-bond donors (Lipinski definition) is 4. The molecular weight excluding hydrogens is 596 g/mol. The number of hydrogen-bond acceptors (Lipinski definition) is 7. The number of nitrogens with one attached hydrogen (secondary N) is 1. The van der Waals surface area contributed by atoms with E-state index in [1.165, 1.54) is 6.07 Å². The number of aryl methyl sites for hydroxylation is 1. The van der Waals surface area contributed by atoms with Gasteiger partial charge in [0.05, 0.1) is 30.6 Å². The highest BCUT2D eigenvalue weighted by Gasteiger charge is 2.34. The van der Waals surface area contributed by atoms with Crippen molar-refractivity contribution >= 4 is 22.8 Å². The normalized spacial score (nSPS) is 20.8. The molecule has 11 heteroatoms. The average Bonchev–Trinajstić information content (AvgIpc) is 3.07. The van der Waals surface area contributed by atoms with Crippen molar-refractivity contribution in [2.75, 3.05) is 39.8 Å². The van der Waals surface area contributed by atoms with Gasteiger partial charge >= 0.3 is 11.9 Å². The van der Waals surface area contributed by atoms with Gasteiger partial charge < -0.3 is 30.3 Å². The van der Waals surface area contributed by atoms with Gasteiger partial charge in [-0.2, -0.15) is 0 Å². The smallest absolute Gasteiger partial charge is 0.308 e. The Bertz CT molecular complexity index is 1450. The van der Waals surface area contributed by atoms with Crippen LogP contribution < -0.4 is 10.1 Å². The van der Waals surface area contributed by atoms with E-state index in [0.717, 1.165) is 67.9 Å². The molecule has 1 aromatic heterocycles. The minimum Gasteiger partial charge on any atom is -0.497 e. The van der Waals surface area contributed by atoms with Crippen LogP contribution >= 0.6 is 0 Å². The van der Waals surface area contributed by atoms with Crippen LogP contribution in [0.5, 0.6) is 5.75 Å². The average molecular weight is 642 g/mol. The molecule has 0 saturated carbocycles. The van der Waals surface area contributed by atoms with Gasteiger partial charge in [-0.25, -0.2) is 8.78 Å². The summed E-state index contributed by atoms with van der Waals surface area (Å²) in [6, 6.07) is 11.6. The molecule has 2 aliphatic rings. The molecule has 2 saturated heterocycles. The number of halogens is 2. The Hall–Kier alpha value is -3.67. The van der Waals surface area contributed by atoms with E-state index >= 15 is 0 Å². The van der Waals surface area contributed by atoms with Crippen molar-refractivity contribution in [3.05, 3.63) is 71.4 Å². The van der Waals surface area contributed by atoms with Crippen LogP contribution in [0.4, 0.5) is 8.78 Å². The van der Waals surface area contributed by atoms with Gasteiger partial charge in [-0.15, -0.1) is 0 Å². The highest BCUT2D eigenvalue weighted by Crippen LogP contribution is 2.34. The third kappa shape index (κ3) is 9.67. The fraction of sp³-hybridized carbons (Fsp3) is 0.514. The second-order valence-corrected chi connectivity index (χ2v) is 12.2. The molecular formula is C35H45F2N3O6. The highest BCUT2D eigenvalue weighted by atomic mass is 19.2. The zero-order valence-electron chi connectivity index (χ0n) is 26.3. The number of nitrogens with zero attached hydrogens (tertiary/aromatic N) is 2. The van der Waals surface area contributed by atoms with E-state index in [0.29, 0.717) is 50.1 Å². The lowest BCUT2D eigenvalue weighted by molar-refractivity contribution is -0.146. The van der Waals surface area contributed by atoms with Crippen molar-refractivity contribution in [2.24, 2.45) is 17.8 Å². The summed E-state index contributed by atoms with van der Waals surface area (Å²) >= 11 is 0.